The Bertz CT molecular complexity index is 1010. The summed E-state index contributed by atoms with van der Waals surface area (Å²) in [4.78, 5) is 5.34. The summed E-state index contributed by atoms with van der Waals surface area (Å²) in [5, 5.41) is 2.31. The molecular weight excluding hydrogens is 422 g/mol. The summed E-state index contributed by atoms with van der Waals surface area (Å²) in [6.07, 6.45) is -2.70. The van der Waals surface area contributed by atoms with Crippen LogP contribution >= 0.6 is 23.4 Å². The molecule has 0 radical (unpaired) electrons. The van der Waals surface area contributed by atoms with E-state index in [2.05, 4.69) is 4.99 Å². The maximum atomic E-state index is 13.0. The highest BCUT2D eigenvalue weighted by Gasteiger charge is 2.30. The third-order valence-electron chi connectivity index (χ3n) is 3.83. The first-order chi connectivity index (χ1) is 13.8. The van der Waals surface area contributed by atoms with E-state index in [1.807, 2.05) is 0 Å². The standard InChI is InChI=1S/C22H14ClF4NS/c23-17-5-9-19(10-6-17)28-21(13-14-29-20-11-7-18(24)8-12-20)15-1-3-16(4-2-15)22(25,26)27/h1-14H. The number of hydrogen-bond acceptors (Lipinski definition) is 2. The number of rotatable bonds is 5. The number of alkyl halides is 3. The summed E-state index contributed by atoms with van der Waals surface area (Å²) >= 11 is 7.23. The number of benzene rings is 3. The topological polar surface area (TPSA) is 12.4 Å². The summed E-state index contributed by atoms with van der Waals surface area (Å²) < 4.78 is 51.5. The van der Waals surface area contributed by atoms with Crippen LogP contribution in [0.5, 0.6) is 0 Å². The normalized spacial score (nSPS) is 12.5. The fraction of sp³-hybridized carbons (Fsp3) is 0.0455. The molecule has 0 aliphatic heterocycles. The van der Waals surface area contributed by atoms with E-state index in [4.69, 9.17) is 11.6 Å². The number of allylic oxidation sites excluding steroid dienone is 1. The molecule has 0 heterocycles. The molecule has 7 heteroatoms. The van der Waals surface area contributed by atoms with Crippen molar-refractivity contribution in [3.63, 3.8) is 0 Å². The Labute approximate surface area is 174 Å². The molecule has 3 aromatic rings. The van der Waals surface area contributed by atoms with Gasteiger partial charge in [-0.3, -0.25) is 0 Å². The Balaban J connectivity index is 1.89. The average molecular weight is 436 g/mol. The van der Waals surface area contributed by atoms with Gasteiger partial charge in [-0.25, -0.2) is 9.38 Å². The first-order valence-electron chi connectivity index (χ1n) is 8.42. The number of hydrogen-bond donors (Lipinski definition) is 0. The Morgan fingerprint density at radius 2 is 1.48 bits per heavy atom. The van der Waals surface area contributed by atoms with E-state index in [1.165, 1.54) is 36.0 Å². The van der Waals surface area contributed by atoms with Crippen molar-refractivity contribution in [3.05, 3.63) is 106 Å². The van der Waals surface area contributed by atoms with Crippen LogP contribution in [-0.2, 0) is 6.18 Å². The molecule has 0 N–H and O–H groups in total. The van der Waals surface area contributed by atoms with Crippen LogP contribution in [0, 0.1) is 5.82 Å². The van der Waals surface area contributed by atoms with Crippen molar-refractivity contribution in [3.8, 4) is 0 Å². The lowest BCUT2D eigenvalue weighted by molar-refractivity contribution is -0.137. The summed E-state index contributed by atoms with van der Waals surface area (Å²) in [5.74, 6) is -0.326. The Kier molecular flexibility index (Phi) is 6.77. The van der Waals surface area contributed by atoms with Gasteiger partial charge >= 0.3 is 6.18 Å². The van der Waals surface area contributed by atoms with Gasteiger partial charge in [0.15, 0.2) is 0 Å². The minimum absolute atomic E-state index is 0.326. The van der Waals surface area contributed by atoms with Crippen LogP contribution in [0.3, 0.4) is 0 Å². The van der Waals surface area contributed by atoms with Gasteiger partial charge in [0.1, 0.15) is 5.82 Å². The van der Waals surface area contributed by atoms with Crippen molar-refractivity contribution in [1.82, 2.24) is 0 Å². The first-order valence-corrected chi connectivity index (χ1v) is 9.68. The molecule has 0 unspecified atom stereocenters. The molecule has 0 saturated heterocycles. The molecule has 0 spiro atoms. The molecule has 0 saturated carbocycles. The van der Waals surface area contributed by atoms with Gasteiger partial charge in [0, 0.05) is 15.5 Å². The number of thioether (sulfide) groups is 1. The molecule has 29 heavy (non-hydrogen) atoms. The molecule has 3 rings (SSSR count). The van der Waals surface area contributed by atoms with Gasteiger partial charge in [-0.05, 0) is 72.1 Å². The van der Waals surface area contributed by atoms with Gasteiger partial charge in [0.05, 0.1) is 17.0 Å². The van der Waals surface area contributed by atoms with Crippen LogP contribution in [0.15, 0.2) is 94.2 Å². The second-order valence-corrected chi connectivity index (χ2v) is 7.34. The number of aliphatic imine (C=N–C) groups is 1. The number of halogens is 5. The molecule has 0 aliphatic rings. The molecule has 0 fully saturated rings. The Morgan fingerprint density at radius 3 is 2.07 bits per heavy atom. The molecule has 0 amide bonds. The van der Waals surface area contributed by atoms with Gasteiger partial charge in [-0.2, -0.15) is 13.2 Å². The van der Waals surface area contributed by atoms with Crippen molar-refractivity contribution >= 4 is 34.8 Å². The first kappa shape index (κ1) is 21.1. The van der Waals surface area contributed by atoms with Gasteiger partial charge < -0.3 is 0 Å². The SMILES string of the molecule is Fc1ccc(SC=CC(=Nc2ccc(Cl)cc2)c2ccc(C(F)(F)F)cc2)cc1. The highest BCUT2D eigenvalue weighted by atomic mass is 35.5. The van der Waals surface area contributed by atoms with Crippen LogP contribution < -0.4 is 0 Å². The highest BCUT2D eigenvalue weighted by Crippen LogP contribution is 2.29. The van der Waals surface area contributed by atoms with Crippen LogP contribution in [0.25, 0.3) is 0 Å². The Morgan fingerprint density at radius 1 is 0.862 bits per heavy atom. The molecule has 0 aromatic heterocycles. The average Bonchev–Trinajstić information content (AvgIpc) is 2.70. The van der Waals surface area contributed by atoms with E-state index in [-0.39, 0.29) is 5.82 Å². The van der Waals surface area contributed by atoms with Crippen LogP contribution in [-0.4, -0.2) is 5.71 Å². The molecule has 0 atom stereocenters. The third kappa shape index (κ3) is 6.21. The zero-order chi connectivity index (χ0) is 20.9. The van der Waals surface area contributed by atoms with Crippen molar-refractivity contribution in [1.29, 1.82) is 0 Å². The molecule has 3 aromatic carbocycles. The summed E-state index contributed by atoms with van der Waals surface area (Å²) in [5.41, 5.74) is 0.900. The van der Waals surface area contributed by atoms with Gasteiger partial charge in [0.25, 0.3) is 0 Å². The van der Waals surface area contributed by atoms with E-state index in [0.29, 0.717) is 22.0 Å². The smallest absolute Gasteiger partial charge is 0.248 e. The van der Waals surface area contributed by atoms with Crippen molar-refractivity contribution < 1.29 is 17.6 Å². The zero-order valence-corrected chi connectivity index (χ0v) is 16.4. The fourth-order valence-corrected chi connectivity index (χ4v) is 3.15. The largest absolute Gasteiger partial charge is 0.416 e. The predicted molar refractivity (Wildman–Crippen MR) is 110 cm³/mol. The maximum absolute atomic E-state index is 13.0. The lowest BCUT2D eigenvalue weighted by Crippen LogP contribution is -2.05. The predicted octanol–water partition coefficient (Wildman–Crippen LogP) is 7.92. The van der Waals surface area contributed by atoms with Crippen LogP contribution in [0.2, 0.25) is 5.02 Å². The van der Waals surface area contributed by atoms with E-state index in [9.17, 15) is 17.6 Å². The van der Waals surface area contributed by atoms with E-state index >= 15 is 0 Å². The zero-order valence-electron chi connectivity index (χ0n) is 14.8. The molecule has 0 bridgehead atoms. The van der Waals surface area contributed by atoms with Crippen molar-refractivity contribution in [2.24, 2.45) is 4.99 Å². The monoisotopic (exact) mass is 435 g/mol. The highest BCUT2D eigenvalue weighted by molar-refractivity contribution is 8.02. The summed E-state index contributed by atoms with van der Waals surface area (Å²) in [6, 6.07) is 17.6. The van der Waals surface area contributed by atoms with Crippen LogP contribution in [0.4, 0.5) is 23.2 Å². The molecular formula is C22H14ClF4NS. The lowest BCUT2D eigenvalue weighted by atomic mass is 10.1. The van der Waals surface area contributed by atoms with Gasteiger partial charge in [0.2, 0.25) is 0 Å². The Hall–Kier alpha value is -2.57. The van der Waals surface area contributed by atoms with E-state index < -0.39 is 11.7 Å². The van der Waals surface area contributed by atoms with Crippen LogP contribution in [0.1, 0.15) is 11.1 Å². The molecule has 0 aliphatic carbocycles. The second kappa shape index (κ2) is 9.29. The van der Waals surface area contributed by atoms with E-state index in [0.717, 1.165) is 17.0 Å². The third-order valence-corrected chi connectivity index (χ3v) is 4.90. The van der Waals surface area contributed by atoms with E-state index in [1.54, 1.807) is 47.9 Å². The van der Waals surface area contributed by atoms with Crippen molar-refractivity contribution in [2.45, 2.75) is 11.1 Å². The summed E-state index contributed by atoms with van der Waals surface area (Å²) in [7, 11) is 0. The fourth-order valence-electron chi connectivity index (χ4n) is 2.37. The van der Waals surface area contributed by atoms with Gasteiger partial charge in [-0.1, -0.05) is 35.5 Å². The lowest BCUT2D eigenvalue weighted by Gasteiger charge is -2.08. The minimum atomic E-state index is -4.40. The second-order valence-electron chi connectivity index (χ2n) is 5.92. The minimum Gasteiger partial charge on any atom is -0.248 e. The maximum Gasteiger partial charge on any atom is 0.416 e. The number of nitrogens with zero attached hydrogens (tertiary/aromatic N) is 1. The van der Waals surface area contributed by atoms with Crippen molar-refractivity contribution in [2.75, 3.05) is 0 Å². The van der Waals surface area contributed by atoms with Gasteiger partial charge in [-0.15, -0.1) is 0 Å². The quantitative estimate of drug-likeness (QED) is 0.225. The molecule has 1 nitrogen and oxygen atoms in total. The summed E-state index contributed by atoms with van der Waals surface area (Å²) in [6.45, 7) is 0. The molecule has 148 valence electrons.